The molecule has 0 amide bonds. The summed E-state index contributed by atoms with van der Waals surface area (Å²) in [6, 6.07) is 18.6. The van der Waals surface area contributed by atoms with Crippen molar-refractivity contribution in [2.75, 3.05) is 7.11 Å². The number of hydrogen-bond donors (Lipinski definition) is 0. The zero-order valence-electron chi connectivity index (χ0n) is 15.5. The first kappa shape index (κ1) is 20.7. The Bertz CT molecular complexity index is 1110. The molecule has 0 aliphatic heterocycles. The normalized spacial score (nSPS) is 11.1. The Kier molecular flexibility index (Phi) is 6.77. The van der Waals surface area contributed by atoms with Crippen molar-refractivity contribution in [1.29, 1.82) is 5.26 Å². The van der Waals surface area contributed by atoms with E-state index in [4.69, 9.17) is 32.7 Å². The molecular formula is C23H16Cl2FNO2. The molecule has 0 heterocycles. The van der Waals surface area contributed by atoms with Gasteiger partial charge in [-0.25, -0.2) is 4.39 Å². The highest BCUT2D eigenvalue weighted by molar-refractivity contribution is 6.36. The molecule has 0 fully saturated rings. The molecular weight excluding hydrogens is 412 g/mol. The molecule has 3 aromatic rings. The summed E-state index contributed by atoms with van der Waals surface area (Å²) in [5.74, 6) is 0.690. The fourth-order valence-corrected chi connectivity index (χ4v) is 3.24. The number of ether oxygens (including phenoxy) is 2. The van der Waals surface area contributed by atoms with Gasteiger partial charge in [0.05, 0.1) is 23.8 Å². The highest BCUT2D eigenvalue weighted by Gasteiger charge is 2.10. The van der Waals surface area contributed by atoms with Crippen molar-refractivity contribution in [2.45, 2.75) is 6.61 Å². The van der Waals surface area contributed by atoms with E-state index in [9.17, 15) is 9.65 Å². The Hall–Kier alpha value is -3.00. The van der Waals surface area contributed by atoms with E-state index in [2.05, 4.69) is 6.07 Å². The highest BCUT2D eigenvalue weighted by atomic mass is 35.5. The van der Waals surface area contributed by atoms with Gasteiger partial charge in [0.25, 0.3) is 0 Å². The van der Waals surface area contributed by atoms with E-state index in [1.807, 2.05) is 0 Å². The monoisotopic (exact) mass is 427 g/mol. The first-order valence-electron chi connectivity index (χ1n) is 8.62. The Morgan fingerprint density at radius 2 is 1.90 bits per heavy atom. The average molecular weight is 428 g/mol. The molecule has 0 spiro atoms. The summed E-state index contributed by atoms with van der Waals surface area (Å²) < 4.78 is 24.5. The fourth-order valence-electron chi connectivity index (χ4n) is 2.73. The molecule has 0 saturated heterocycles. The molecule has 0 aliphatic rings. The third-order valence-corrected chi connectivity index (χ3v) is 4.67. The van der Waals surface area contributed by atoms with Crippen LogP contribution >= 0.6 is 23.2 Å². The quantitative estimate of drug-likeness (QED) is 0.321. The molecule has 0 saturated carbocycles. The van der Waals surface area contributed by atoms with E-state index in [0.717, 1.165) is 5.56 Å². The van der Waals surface area contributed by atoms with Gasteiger partial charge in [-0.2, -0.15) is 5.26 Å². The molecule has 0 bridgehead atoms. The van der Waals surface area contributed by atoms with E-state index in [1.165, 1.54) is 19.2 Å². The Morgan fingerprint density at radius 3 is 2.59 bits per heavy atom. The standard InChI is InChI=1S/C23H16Cl2FNO2/c1-28-23-11-15(9-17(13-27)20-7-6-18(24)12-21(20)25)5-8-22(23)29-14-16-3-2-4-19(26)10-16/h2-12H,14H2,1H3/b17-9+. The molecule has 0 N–H and O–H groups in total. The van der Waals surface area contributed by atoms with Crippen LogP contribution in [0.3, 0.4) is 0 Å². The predicted molar refractivity (Wildman–Crippen MR) is 114 cm³/mol. The van der Waals surface area contributed by atoms with Gasteiger partial charge in [0.15, 0.2) is 11.5 Å². The van der Waals surface area contributed by atoms with E-state index >= 15 is 0 Å². The number of benzene rings is 3. The minimum Gasteiger partial charge on any atom is -0.493 e. The van der Waals surface area contributed by atoms with Gasteiger partial charge < -0.3 is 9.47 Å². The molecule has 3 rings (SSSR count). The largest absolute Gasteiger partial charge is 0.493 e. The summed E-state index contributed by atoms with van der Waals surface area (Å²) in [5.41, 5.74) is 2.42. The average Bonchev–Trinajstić information content (AvgIpc) is 2.71. The molecule has 29 heavy (non-hydrogen) atoms. The lowest BCUT2D eigenvalue weighted by atomic mass is 10.0. The lowest BCUT2D eigenvalue weighted by molar-refractivity contribution is 0.284. The molecule has 146 valence electrons. The highest BCUT2D eigenvalue weighted by Crippen LogP contribution is 2.32. The van der Waals surface area contributed by atoms with Crippen molar-refractivity contribution in [3.05, 3.63) is 93.2 Å². The molecule has 0 aliphatic carbocycles. The van der Waals surface area contributed by atoms with Crippen LogP contribution < -0.4 is 9.47 Å². The number of allylic oxidation sites excluding steroid dienone is 1. The van der Waals surface area contributed by atoms with Crippen LogP contribution in [-0.4, -0.2) is 7.11 Å². The van der Waals surface area contributed by atoms with Crippen LogP contribution in [-0.2, 0) is 6.61 Å². The maximum Gasteiger partial charge on any atom is 0.161 e. The van der Waals surface area contributed by atoms with Crippen molar-refractivity contribution < 1.29 is 13.9 Å². The van der Waals surface area contributed by atoms with Crippen LogP contribution in [0, 0.1) is 17.1 Å². The molecule has 3 aromatic carbocycles. The van der Waals surface area contributed by atoms with Crippen molar-refractivity contribution in [2.24, 2.45) is 0 Å². The summed E-state index contributed by atoms with van der Waals surface area (Å²) >= 11 is 12.1. The molecule has 0 atom stereocenters. The van der Waals surface area contributed by atoms with Gasteiger partial charge in [0, 0.05) is 10.6 Å². The van der Waals surface area contributed by atoms with Crippen molar-refractivity contribution in [3.63, 3.8) is 0 Å². The first-order valence-corrected chi connectivity index (χ1v) is 9.38. The van der Waals surface area contributed by atoms with Gasteiger partial charge in [-0.1, -0.05) is 47.5 Å². The van der Waals surface area contributed by atoms with E-state index in [1.54, 1.807) is 54.6 Å². The predicted octanol–water partition coefficient (Wildman–Crippen LogP) is 6.78. The SMILES string of the molecule is COc1cc(/C=C(\C#N)c2ccc(Cl)cc2Cl)ccc1OCc1cccc(F)c1. The number of halogens is 3. The van der Waals surface area contributed by atoms with Crippen LogP contribution in [0.2, 0.25) is 10.0 Å². The van der Waals surface area contributed by atoms with Crippen LogP contribution in [0.15, 0.2) is 60.7 Å². The molecule has 0 radical (unpaired) electrons. The topological polar surface area (TPSA) is 42.2 Å². The molecule has 0 aromatic heterocycles. The number of nitriles is 1. The maximum absolute atomic E-state index is 13.3. The van der Waals surface area contributed by atoms with Gasteiger partial charge in [-0.05, 0) is 53.6 Å². The Balaban J connectivity index is 1.85. The summed E-state index contributed by atoms with van der Waals surface area (Å²) in [4.78, 5) is 0. The van der Waals surface area contributed by atoms with Gasteiger partial charge in [0.1, 0.15) is 12.4 Å². The second-order valence-corrected chi connectivity index (χ2v) is 6.97. The van der Waals surface area contributed by atoms with Crippen LogP contribution in [0.1, 0.15) is 16.7 Å². The van der Waals surface area contributed by atoms with Gasteiger partial charge in [-0.3, -0.25) is 0 Å². The summed E-state index contributed by atoms with van der Waals surface area (Å²) in [6.07, 6.45) is 1.70. The zero-order chi connectivity index (χ0) is 20.8. The van der Waals surface area contributed by atoms with Gasteiger partial charge >= 0.3 is 0 Å². The second-order valence-electron chi connectivity index (χ2n) is 6.12. The number of nitrogens with zero attached hydrogens (tertiary/aromatic N) is 1. The number of hydrogen-bond acceptors (Lipinski definition) is 3. The van der Waals surface area contributed by atoms with Crippen molar-refractivity contribution >= 4 is 34.9 Å². The fraction of sp³-hybridized carbons (Fsp3) is 0.0870. The lowest BCUT2D eigenvalue weighted by Crippen LogP contribution is -1.98. The van der Waals surface area contributed by atoms with Gasteiger partial charge in [-0.15, -0.1) is 0 Å². The summed E-state index contributed by atoms with van der Waals surface area (Å²) in [7, 11) is 1.53. The maximum atomic E-state index is 13.3. The Morgan fingerprint density at radius 1 is 1.07 bits per heavy atom. The summed E-state index contributed by atoms with van der Waals surface area (Å²) in [6.45, 7) is 0.202. The second kappa shape index (κ2) is 9.47. The van der Waals surface area contributed by atoms with Crippen LogP contribution in [0.5, 0.6) is 11.5 Å². The molecule has 0 unspecified atom stereocenters. The van der Waals surface area contributed by atoms with E-state index in [-0.39, 0.29) is 12.4 Å². The van der Waals surface area contributed by atoms with Crippen molar-refractivity contribution in [3.8, 4) is 17.6 Å². The third-order valence-electron chi connectivity index (χ3n) is 4.12. The van der Waals surface area contributed by atoms with Crippen molar-refractivity contribution in [1.82, 2.24) is 0 Å². The minimum atomic E-state index is -0.316. The van der Waals surface area contributed by atoms with E-state index in [0.29, 0.717) is 38.2 Å². The number of methoxy groups -OCH3 is 1. The molecule has 6 heteroatoms. The molecule has 3 nitrogen and oxygen atoms in total. The first-order chi connectivity index (χ1) is 14.0. The van der Waals surface area contributed by atoms with Gasteiger partial charge in [0.2, 0.25) is 0 Å². The Labute approximate surface area is 178 Å². The third kappa shape index (κ3) is 5.29. The van der Waals surface area contributed by atoms with E-state index < -0.39 is 0 Å². The van der Waals surface area contributed by atoms with Crippen LogP contribution in [0.4, 0.5) is 4.39 Å². The summed E-state index contributed by atoms with van der Waals surface area (Å²) in [5, 5.41) is 10.4. The minimum absolute atomic E-state index is 0.202. The zero-order valence-corrected chi connectivity index (χ0v) is 17.0. The lowest BCUT2D eigenvalue weighted by Gasteiger charge is -2.12. The number of rotatable bonds is 6. The van der Waals surface area contributed by atoms with Crippen LogP contribution in [0.25, 0.3) is 11.6 Å². The smallest absolute Gasteiger partial charge is 0.161 e.